The molecule has 0 aliphatic carbocycles. The van der Waals surface area contributed by atoms with Crippen LogP contribution in [0.2, 0.25) is 5.15 Å². The van der Waals surface area contributed by atoms with E-state index < -0.39 is 0 Å². The molecule has 0 aliphatic rings. The van der Waals surface area contributed by atoms with E-state index in [-0.39, 0.29) is 5.95 Å². The number of halogens is 1. The van der Waals surface area contributed by atoms with Gasteiger partial charge in [0.1, 0.15) is 16.5 Å². The number of nitrogens with zero attached hydrogens (tertiary/aromatic N) is 5. The van der Waals surface area contributed by atoms with E-state index in [0.29, 0.717) is 41.4 Å². The second-order valence-corrected chi connectivity index (χ2v) is 8.79. The lowest BCUT2D eigenvalue weighted by atomic mass is 10.1. The quantitative estimate of drug-likeness (QED) is 0.444. The van der Waals surface area contributed by atoms with Crippen molar-refractivity contribution in [3.8, 4) is 17.6 Å². The summed E-state index contributed by atoms with van der Waals surface area (Å²) in [5, 5.41) is 1.01. The molecule has 170 valence electrons. The van der Waals surface area contributed by atoms with Crippen LogP contribution in [0.5, 0.6) is 5.75 Å². The fourth-order valence-corrected chi connectivity index (χ4v) is 4.23. The number of ether oxygens (including phenoxy) is 1. The van der Waals surface area contributed by atoms with Gasteiger partial charge in [-0.2, -0.15) is 4.98 Å². The van der Waals surface area contributed by atoms with Crippen molar-refractivity contribution in [1.29, 1.82) is 0 Å². The molecule has 0 fully saturated rings. The molecule has 0 atom stereocenters. The average molecular weight is 455 g/mol. The zero-order valence-corrected chi connectivity index (χ0v) is 20.6. The van der Waals surface area contributed by atoms with Crippen molar-refractivity contribution in [2.24, 2.45) is 0 Å². The van der Waals surface area contributed by atoms with Gasteiger partial charge < -0.3 is 15.0 Å². The molecule has 0 aromatic carbocycles. The third-order valence-electron chi connectivity index (χ3n) is 5.61. The maximum atomic E-state index is 6.47. The zero-order chi connectivity index (χ0) is 23.6. The minimum absolute atomic E-state index is 0.128. The molecule has 0 saturated heterocycles. The summed E-state index contributed by atoms with van der Waals surface area (Å²) in [5.41, 5.74) is 10.2. The van der Waals surface area contributed by atoms with Crippen LogP contribution in [0.25, 0.3) is 11.0 Å². The number of fused-ring (bicyclic) bond motifs is 1. The largest absolute Gasteiger partial charge is 0.495 e. The Morgan fingerprint density at radius 2 is 1.88 bits per heavy atom. The number of rotatable bonds is 6. The summed E-state index contributed by atoms with van der Waals surface area (Å²) in [6.45, 7) is 13.8. The van der Waals surface area contributed by atoms with Gasteiger partial charge in [0.2, 0.25) is 5.95 Å². The van der Waals surface area contributed by atoms with E-state index >= 15 is 0 Å². The van der Waals surface area contributed by atoms with Crippen LogP contribution < -0.4 is 10.5 Å². The second kappa shape index (κ2) is 9.76. The van der Waals surface area contributed by atoms with Gasteiger partial charge >= 0.3 is 0 Å². The molecule has 0 radical (unpaired) electrons. The van der Waals surface area contributed by atoms with Crippen LogP contribution in [0, 0.1) is 25.7 Å². The van der Waals surface area contributed by atoms with Gasteiger partial charge in [0.25, 0.3) is 0 Å². The van der Waals surface area contributed by atoms with Crippen LogP contribution in [-0.2, 0) is 6.54 Å². The first-order valence-corrected chi connectivity index (χ1v) is 11.1. The molecule has 0 amide bonds. The summed E-state index contributed by atoms with van der Waals surface area (Å²) in [5.74, 6) is 7.49. The maximum absolute atomic E-state index is 6.47. The van der Waals surface area contributed by atoms with E-state index in [0.717, 1.165) is 28.1 Å². The van der Waals surface area contributed by atoms with Crippen LogP contribution in [0.4, 0.5) is 5.95 Å². The van der Waals surface area contributed by atoms with Gasteiger partial charge in [-0.25, -0.2) is 4.98 Å². The predicted molar refractivity (Wildman–Crippen MR) is 130 cm³/mol. The molecule has 0 unspecified atom stereocenters. The highest BCUT2D eigenvalue weighted by molar-refractivity contribution is 6.34. The third kappa shape index (κ3) is 4.82. The first-order chi connectivity index (χ1) is 15.1. The Kier molecular flexibility index (Phi) is 7.27. The van der Waals surface area contributed by atoms with Crippen molar-refractivity contribution in [3.05, 3.63) is 39.9 Å². The molecule has 0 spiro atoms. The van der Waals surface area contributed by atoms with Gasteiger partial charge in [0, 0.05) is 24.5 Å². The summed E-state index contributed by atoms with van der Waals surface area (Å²) in [4.78, 5) is 15.4. The monoisotopic (exact) mass is 454 g/mol. The molecule has 32 heavy (non-hydrogen) atoms. The van der Waals surface area contributed by atoms with Crippen molar-refractivity contribution in [2.75, 3.05) is 19.4 Å². The first-order valence-electron chi connectivity index (χ1n) is 10.7. The highest BCUT2D eigenvalue weighted by Gasteiger charge is 2.17. The lowest BCUT2D eigenvalue weighted by molar-refractivity contribution is 0.200. The first kappa shape index (κ1) is 23.8. The van der Waals surface area contributed by atoms with Crippen molar-refractivity contribution in [2.45, 2.75) is 60.2 Å². The number of methoxy groups -OCH3 is 1. The second-order valence-electron chi connectivity index (χ2n) is 8.43. The van der Waals surface area contributed by atoms with Crippen LogP contribution in [0.15, 0.2) is 12.4 Å². The molecule has 0 saturated carbocycles. The number of pyridine rings is 1. The lowest BCUT2D eigenvalue weighted by Crippen LogP contribution is -2.37. The van der Waals surface area contributed by atoms with E-state index in [1.807, 2.05) is 30.8 Å². The molecular formula is C24H31ClN6O. The summed E-state index contributed by atoms with van der Waals surface area (Å²) >= 11 is 6.47. The van der Waals surface area contributed by atoms with Crippen molar-refractivity contribution in [3.63, 3.8) is 0 Å². The molecule has 2 N–H and O–H groups in total. The SMILES string of the molecule is COc1c(C)ncc(Cn2cc(C#CCN(C(C)C)C(C)C)c3c(Cl)nc(N)nc32)c1C. The minimum atomic E-state index is 0.128. The zero-order valence-electron chi connectivity index (χ0n) is 19.8. The Hall–Kier alpha value is -2.82. The van der Waals surface area contributed by atoms with Crippen molar-refractivity contribution >= 4 is 28.6 Å². The minimum Gasteiger partial charge on any atom is -0.495 e. The van der Waals surface area contributed by atoms with E-state index in [9.17, 15) is 0 Å². The fraction of sp³-hybridized carbons (Fsp3) is 0.458. The van der Waals surface area contributed by atoms with Crippen LogP contribution >= 0.6 is 11.6 Å². The molecule has 8 heteroatoms. The molecule has 3 aromatic rings. The number of hydrogen-bond acceptors (Lipinski definition) is 6. The lowest BCUT2D eigenvalue weighted by Gasteiger charge is -2.28. The smallest absolute Gasteiger partial charge is 0.223 e. The third-order valence-corrected chi connectivity index (χ3v) is 5.88. The Labute approximate surface area is 195 Å². The number of aromatic nitrogens is 4. The topological polar surface area (TPSA) is 82.1 Å². The fourth-order valence-electron chi connectivity index (χ4n) is 3.95. The molecule has 3 heterocycles. The number of anilines is 1. The highest BCUT2D eigenvalue weighted by atomic mass is 35.5. The summed E-state index contributed by atoms with van der Waals surface area (Å²) in [7, 11) is 1.66. The van der Waals surface area contributed by atoms with Gasteiger partial charge in [-0.05, 0) is 52.7 Å². The van der Waals surface area contributed by atoms with Gasteiger partial charge in [0.15, 0.2) is 0 Å². The van der Waals surface area contributed by atoms with E-state index in [1.54, 1.807) is 7.11 Å². The maximum Gasteiger partial charge on any atom is 0.223 e. The van der Waals surface area contributed by atoms with Crippen molar-refractivity contribution < 1.29 is 4.74 Å². The molecule has 0 bridgehead atoms. The van der Waals surface area contributed by atoms with Gasteiger partial charge in [-0.1, -0.05) is 23.4 Å². The molecule has 0 aliphatic heterocycles. The number of nitrogens with two attached hydrogens (primary N) is 1. The van der Waals surface area contributed by atoms with Crippen LogP contribution in [-0.4, -0.2) is 50.2 Å². The van der Waals surface area contributed by atoms with Crippen molar-refractivity contribution in [1.82, 2.24) is 24.4 Å². The van der Waals surface area contributed by atoms with Gasteiger partial charge in [-0.3, -0.25) is 9.88 Å². The molecule has 7 nitrogen and oxygen atoms in total. The van der Waals surface area contributed by atoms with E-state index in [2.05, 4.69) is 59.4 Å². The predicted octanol–water partition coefficient (Wildman–Crippen LogP) is 4.21. The molecular weight excluding hydrogens is 424 g/mol. The summed E-state index contributed by atoms with van der Waals surface area (Å²) in [6, 6.07) is 0.814. The Balaban J connectivity index is 2.06. The normalized spacial score (nSPS) is 11.5. The highest BCUT2D eigenvalue weighted by Crippen LogP contribution is 2.29. The summed E-state index contributed by atoms with van der Waals surface area (Å²) < 4.78 is 7.52. The van der Waals surface area contributed by atoms with E-state index in [4.69, 9.17) is 22.1 Å². The number of hydrogen-bond donors (Lipinski definition) is 1. The number of nitrogen functional groups attached to an aromatic ring is 1. The van der Waals surface area contributed by atoms with Gasteiger partial charge in [0.05, 0.1) is 36.8 Å². The van der Waals surface area contributed by atoms with Crippen LogP contribution in [0.1, 0.15) is 50.1 Å². The Morgan fingerprint density at radius 1 is 1.19 bits per heavy atom. The summed E-state index contributed by atoms with van der Waals surface area (Å²) in [6.07, 6.45) is 3.82. The molecule has 3 aromatic heterocycles. The molecule has 3 rings (SSSR count). The standard InChI is InChI=1S/C24H31ClN6O/c1-14(2)31(15(3)4)10-8-9-18-12-30(23-20(18)22(25)28-24(26)29-23)13-19-11-27-17(6)21(32-7)16(19)5/h11-12,14-15H,10,13H2,1-7H3,(H2,26,28,29). The van der Waals surface area contributed by atoms with Crippen LogP contribution in [0.3, 0.4) is 0 Å². The Bertz CT molecular complexity index is 1180. The average Bonchev–Trinajstić information content (AvgIpc) is 3.04. The Morgan fingerprint density at radius 3 is 2.50 bits per heavy atom. The van der Waals surface area contributed by atoms with E-state index in [1.165, 1.54) is 0 Å². The van der Waals surface area contributed by atoms with Gasteiger partial charge in [-0.15, -0.1) is 0 Å². The number of aryl methyl sites for hydroxylation is 1.